The Morgan fingerprint density at radius 1 is 1.53 bits per heavy atom. The number of hydrogen-bond donors (Lipinski definition) is 3. The molecule has 0 saturated heterocycles. The van der Waals surface area contributed by atoms with Crippen LogP contribution in [0.5, 0.6) is 0 Å². The fraction of sp³-hybridized carbons (Fsp3) is 0.182. The maximum absolute atomic E-state index is 11.4. The highest BCUT2D eigenvalue weighted by molar-refractivity contribution is 5.94. The minimum Gasteiger partial charge on any atom is -0.464 e. The van der Waals surface area contributed by atoms with E-state index in [4.69, 9.17) is 16.0 Å². The molecule has 2 aromatic rings. The summed E-state index contributed by atoms with van der Waals surface area (Å²) in [6.45, 7) is 1.94. The minimum atomic E-state index is -0.551. The molecule has 8 heteroatoms. The third kappa shape index (κ3) is 2.63. The average molecular weight is 263 g/mol. The zero-order valence-corrected chi connectivity index (χ0v) is 10.2. The van der Waals surface area contributed by atoms with Gasteiger partial charge in [0.15, 0.2) is 0 Å². The van der Waals surface area contributed by atoms with Crippen LogP contribution in [0, 0.1) is 6.92 Å². The van der Waals surface area contributed by atoms with Crippen molar-refractivity contribution in [2.75, 3.05) is 0 Å². The molecule has 0 fully saturated rings. The molecular formula is C11H13N5O3. The van der Waals surface area contributed by atoms with E-state index < -0.39 is 11.8 Å². The van der Waals surface area contributed by atoms with Crippen molar-refractivity contribution in [3.05, 3.63) is 41.1 Å². The molecule has 100 valence electrons. The molecule has 0 aliphatic rings. The van der Waals surface area contributed by atoms with E-state index in [-0.39, 0.29) is 6.54 Å². The Morgan fingerprint density at radius 3 is 2.84 bits per heavy atom. The summed E-state index contributed by atoms with van der Waals surface area (Å²) in [4.78, 5) is 22.3. The molecule has 0 atom stereocenters. The number of aryl methyl sites for hydroxylation is 1. The summed E-state index contributed by atoms with van der Waals surface area (Å²) in [5.41, 5.74) is 7.83. The monoisotopic (exact) mass is 263 g/mol. The maximum atomic E-state index is 11.4. The number of nitrogen functional groups attached to an aromatic ring is 1. The number of nitrogens with zero attached hydrogens (tertiary/aromatic N) is 2. The van der Waals surface area contributed by atoms with Crippen LogP contribution in [0.15, 0.2) is 22.9 Å². The molecule has 0 unspecified atom stereocenters. The van der Waals surface area contributed by atoms with Crippen molar-refractivity contribution < 1.29 is 14.0 Å². The number of hydrogen-bond acceptors (Lipinski definition) is 5. The molecule has 0 bridgehead atoms. The lowest BCUT2D eigenvalue weighted by molar-refractivity contribution is 0.0950. The molecular weight excluding hydrogens is 250 g/mol. The van der Waals surface area contributed by atoms with Crippen LogP contribution in [-0.4, -0.2) is 21.6 Å². The minimum absolute atomic E-state index is 0.284. The second-order valence-electron chi connectivity index (χ2n) is 3.95. The van der Waals surface area contributed by atoms with Crippen LogP contribution in [-0.2, 0) is 6.54 Å². The van der Waals surface area contributed by atoms with E-state index in [0.717, 1.165) is 0 Å². The molecule has 2 rings (SSSR count). The normalized spacial score (nSPS) is 10.4. The van der Waals surface area contributed by atoms with Gasteiger partial charge in [-0.2, -0.15) is 5.10 Å². The first-order valence-corrected chi connectivity index (χ1v) is 5.43. The fourth-order valence-electron chi connectivity index (χ4n) is 1.66. The molecule has 2 heterocycles. The summed E-state index contributed by atoms with van der Waals surface area (Å²) in [5, 5.41) is 3.97. The molecule has 0 aliphatic heterocycles. The smallest absolute Gasteiger partial charge is 0.268 e. The number of amides is 2. The first-order chi connectivity index (χ1) is 9.01. The van der Waals surface area contributed by atoms with Crippen molar-refractivity contribution in [3.63, 3.8) is 0 Å². The van der Waals surface area contributed by atoms with E-state index in [2.05, 4.69) is 5.10 Å². The van der Waals surface area contributed by atoms with Crippen molar-refractivity contribution in [2.24, 2.45) is 11.6 Å². The van der Waals surface area contributed by atoms with Crippen molar-refractivity contribution in [2.45, 2.75) is 13.5 Å². The predicted octanol–water partition coefficient (Wildman–Crippen LogP) is -0.465. The summed E-state index contributed by atoms with van der Waals surface area (Å²) in [5.74, 6) is 5.07. The van der Waals surface area contributed by atoms with Gasteiger partial charge in [-0.05, 0) is 13.0 Å². The number of rotatable bonds is 4. The Kier molecular flexibility index (Phi) is 3.34. The number of aromatic nitrogens is 2. The molecule has 2 amide bonds. The number of carbonyl (C=O) groups excluding carboxylic acids is 2. The van der Waals surface area contributed by atoms with Gasteiger partial charge in [-0.1, -0.05) is 0 Å². The molecule has 8 nitrogen and oxygen atoms in total. The lowest BCUT2D eigenvalue weighted by Gasteiger charge is -1.96. The van der Waals surface area contributed by atoms with Crippen LogP contribution < -0.4 is 17.0 Å². The Labute approximate surface area is 108 Å². The highest BCUT2D eigenvalue weighted by Crippen LogP contribution is 2.15. The van der Waals surface area contributed by atoms with Crippen molar-refractivity contribution in [1.82, 2.24) is 15.2 Å². The van der Waals surface area contributed by atoms with E-state index in [0.29, 0.717) is 22.6 Å². The number of primary amides is 1. The van der Waals surface area contributed by atoms with Crippen LogP contribution >= 0.6 is 0 Å². The van der Waals surface area contributed by atoms with Gasteiger partial charge in [-0.15, -0.1) is 0 Å². The van der Waals surface area contributed by atoms with Crippen molar-refractivity contribution in [3.8, 4) is 0 Å². The van der Waals surface area contributed by atoms with Gasteiger partial charge in [-0.3, -0.25) is 19.7 Å². The van der Waals surface area contributed by atoms with Crippen molar-refractivity contribution >= 4 is 11.8 Å². The van der Waals surface area contributed by atoms with Gasteiger partial charge in [0, 0.05) is 6.20 Å². The summed E-state index contributed by atoms with van der Waals surface area (Å²) in [7, 11) is 0. The summed E-state index contributed by atoms with van der Waals surface area (Å²) in [6, 6.07) is 1.57. The van der Waals surface area contributed by atoms with Gasteiger partial charge in [0.1, 0.15) is 11.5 Å². The van der Waals surface area contributed by atoms with Gasteiger partial charge in [0.05, 0.1) is 23.9 Å². The molecule has 19 heavy (non-hydrogen) atoms. The van der Waals surface area contributed by atoms with Crippen LogP contribution in [0.2, 0.25) is 0 Å². The molecule has 0 radical (unpaired) electrons. The van der Waals surface area contributed by atoms with Gasteiger partial charge in [0.25, 0.3) is 11.8 Å². The van der Waals surface area contributed by atoms with Crippen molar-refractivity contribution in [1.29, 1.82) is 0 Å². The maximum Gasteiger partial charge on any atom is 0.268 e. The lowest BCUT2D eigenvalue weighted by Crippen LogP contribution is -2.30. The molecule has 2 aromatic heterocycles. The van der Waals surface area contributed by atoms with E-state index in [1.165, 1.54) is 17.1 Å². The Bertz CT molecular complexity index is 628. The van der Waals surface area contributed by atoms with Crippen LogP contribution in [0.1, 0.15) is 32.2 Å². The second kappa shape index (κ2) is 4.94. The zero-order valence-electron chi connectivity index (χ0n) is 10.2. The molecule has 0 aromatic carbocycles. The standard InChI is InChI=1S/C11H13N5O3/c1-6-9(11(18)15-13)2-8(19-6)5-16-4-7(3-14-16)10(12)17/h2-4H,5,13H2,1H3,(H2,12,17)(H,15,18). The molecule has 0 spiro atoms. The number of nitrogens with one attached hydrogen (secondary N) is 1. The second-order valence-corrected chi connectivity index (χ2v) is 3.95. The Hall–Kier alpha value is -2.61. The molecule has 0 aliphatic carbocycles. The number of hydrazine groups is 1. The molecule has 0 saturated carbocycles. The van der Waals surface area contributed by atoms with E-state index in [1.54, 1.807) is 13.0 Å². The third-order valence-corrected chi connectivity index (χ3v) is 2.58. The average Bonchev–Trinajstić information content (AvgIpc) is 2.96. The first-order valence-electron chi connectivity index (χ1n) is 5.43. The summed E-state index contributed by atoms with van der Waals surface area (Å²) < 4.78 is 6.91. The van der Waals surface area contributed by atoms with E-state index in [9.17, 15) is 9.59 Å². The fourth-order valence-corrected chi connectivity index (χ4v) is 1.66. The number of carbonyl (C=O) groups is 2. The highest BCUT2D eigenvalue weighted by Gasteiger charge is 2.14. The summed E-state index contributed by atoms with van der Waals surface area (Å²) in [6.07, 6.45) is 2.87. The predicted molar refractivity (Wildman–Crippen MR) is 64.9 cm³/mol. The quantitative estimate of drug-likeness (QED) is 0.390. The van der Waals surface area contributed by atoms with Gasteiger partial charge >= 0.3 is 0 Å². The molecule has 5 N–H and O–H groups in total. The Balaban J connectivity index is 2.19. The largest absolute Gasteiger partial charge is 0.464 e. The summed E-state index contributed by atoms with van der Waals surface area (Å²) >= 11 is 0. The van der Waals surface area contributed by atoms with Gasteiger partial charge < -0.3 is 10.2 Å². The topological polar surface area (TPSA) is 129 Å². The zero-order chi connectivity index (χ0) is 14.0. The number of nitrogens with two attached hydrogens (primary N) is 2. The lowest BCUT2D eigenvalue weighted by atomic mass is 10.2. The SMILES string of the molecule is Cc1oc(Cn2cc(C(N)=O)cn2)cc1C(=O)NN. The van der Waals surface area contributed by atoms with Gasteiger partial charge in [0.2, 0.25) is 0 Å². The number of furan rings is 1. The van der Waals surface area contributed by atoms with E-state index >= 15 is 0 Å². The van der Waals surface area contributed by atoms with Crippen LogP contribution in [0.3, 0.4) is 0 Å². The Morgan fingerprint density at radius 2 is 2.26 bits per heavy atom. The van der Waals surface area contributed by atoms with Gasteiger partial charge in [-0.25, -0.2) is 5.84 Å². The van der Waals surface area contributed by atoms with Crippen LogP contribution in [0.25, 0.3) is 0 Å². The van der Waals surface area contributed by atoms with E-state index in [1.807, 2.05) is 5.43 Å². The highest BCUT2D eigenvalue weighted by atomic mass is 16.3. The van der Waals surface area contributed by atoms with Crippen LogP contribution in [0.4, 0.5) is 0 Å². The first kappa shape index (κ1) is 12.8. The third-order valence-electron chi connectivity index (χ3n) is 2.58.